The van der Waals surface area contributed by atoms with E-state index in [2.05, 4.69) is 36.1 Å². The Hall–Kier alpha value is -0.940. The Balaban J connectivity index is 1.45. The zero-order chi connectivity index (χ0) is 15.2. The van der Waals surface area contributed by atoms with Crippen molar-refractivity contribution in [3.8, 4) is 0 Å². The number of ether oxygens (including phenoxy) is 3. The molecule has 0 aromatic heterocycles. The molecule has 0 saturated carbocycles. The smallest absolute Gasteiger partial charge is 0.157 e. The van der Waals surface area contributed by atoms with E-state index in [9.17, 15) is 0 Å². The van der Waals surface area contributed by atoms with E-state index in [1.54, 1.807) is 0 Å². The van der Waals surface area contributed by atoms with E-state index >= 15 is 0 Å². The molecular formula is C18H27NO3. The predicted octanol–water partition coefficient (Wildman–Crippen LogP) is 2.91. The molecule has 22 heavy (non-hydrogen) atoms. The van der Waals surface area contributed by atoms with Gasteiger partial charge < -0.3 is 14.2 Å². The van der Waals surface area contributed by atoms with Crippen LogP contribution in [0.2, 0.25) is 0 Å². The monoisotopic (exact) mass is 305 g/mol. The number of morpholine rings is 1. The van der Waals surface area contributed by atoms with E-state index < -0.39 is 0 Å². The second kappa shape index (κ2) is 8.06. The zero-order valence-electron chi connectivity index (χ0n) is 13.5. The van der Waals surface area contributed by atoms with Crippen LogP contribution in [0.1, 0.15) is 36.5 Å². The molecule has 122 valence electrons. The van der Waals surface area contributed by atoms with E-state index in [1.807, 2.05) is 0 Å². The van der Waals surface area contributed by atoms with Crippen molar-refractivity contribution in [3.63, 3.8) is 0 Å². The minimum absolute atomic E-state index is 0.0157. The van der Waals surface area contributed by atoms with Crippen molar-refractivity contribution < 1.29 is 14.2 Å². The number of nitrogens with zero attached hydrogens (tertiary/aromatic N) is 1. The van der Waals surface area contributed by atoms with Gasteiger partial charge in [-0.3, -0.25) is 4.90 Å². The molecule has 1 aromatic rings. The van der Waals surface area contributed by atoms with Crippen molar-refractivity contribution >= 4 is 0 Å². The van der Waals surface area contributed by atoms with Gasteiger partial charge in [-0.25, -0.2) is 0 Å². The Morgan fingerprint density at radius 1 is 1.18 bits per heavy atom. The third-order valence-corrected chi connectivity index (χ3v) is 4.54. The van der Waals surface area contributed by atoms with Gasteiger partial charge in [0.2, 0.25) is 0 Å². The van der Waals surface area contributed by atoms with Crippen LogP contribution >= 0.6 is 0 Å². The number of aryl methyl sites for hydroxylation is 1. The average Bonchev–Trinajstić information content (AvgIpc) is 2.57. The molecule has 2 atom stereocenters. The highest BCUT2D eigenvalue weighted by molar-refractivity contribution is 5.28. The molecule has 2 aliphatic rings. The van der Waals surface area contributed by atoms with E-state index in [0.29, 0.717) is 0 Å². The normalized spacial score (nSPS) is 27.0. The second-order valence-electron chi connectivity index (χ2n) is 6.18. The van der Waals surface area contributed by atoms with Crippen molar-refractivity contribution in [1.29, 1.82) is 0 Å². The van der Waals surface area contributed by atoms with Crippen LogP contribution in [-0.4, -0.2) is 50.6 Å². The zero-order valence-corrected chi connectivity index (χ0v) is 13.5. The van der Waals surface area contributed by atoms with Crippen LogP contribution in [0.4, 0.5) is 0 Å². The third kappa shape index (κ3) is 4.29. The summed E-state index contributed by atoms with van der Waals surface area (Å²) >= 11 is 0. The van der Waals surface area contributed by atoms with Gasteiger partial charge in [0, 0.05) is 26.2 Å². The highest BCUT2D eigenvalue weighted by atomic mass is 16.7. The largest absolute Gasteiger partial charge is 0.371 e. The highest BCUT2D eigenvalue weighted by Gasteiger charge is 2.23. The number of hydrogen-bond acceptors (Lipinski definition) is 4. The molecule has 3 rings (SSSR count). The Morgan fingerprint density at radius 2 is 2.09 bits per heavy atom. The molecule has 0 unspecified atom stereocenters. The van der Waals surface area contributed by atoms with E-state index in [-0.39, 0.29) is 12.4 Å². The lowest BCUT2D eigenvalue weighted by Gasteiger charge is -2.34. The fourth-order valence-electron chi connectivity index (χ4n) is 3.20. The first-order valence-corrected chi connectivity index (χ1v) is 8.45. The van der Waals surface area contributed by atoms with E-state index in [1.165, 1.54) is 24.0 Å². The fourth-order valence-corrected chi connectivity index (χ4v) is 3.20. The first-order chi connectivity index (χ1) is 10.8. The van der Waals surface area contributed by atoms with Gasteiger partial charge in [-0.15, -0.1) is 0 Å². The first-order valence-electron chi connectivity index (χ1n) is 8.45. The summed E-state index contributed by atoms with van der Waals surface area (Å²) < 4.78 is 17.4. The summed E-state index contributed by atoms with van der Waals surface area (Å²) in [5.74, 6) is 0. The summed E-state index contributed by atoms with van der Waals surface area (Å²) in [6.07, 6.45) is 3.62. The van der Waals surface area contributed by atoms with E-state index in [0.717, 1.165) is 45.9 Å². The Bertz CT molecular complexity index is 459. The molecule has 0 aliphatic carbocycles. The van der Waals surface area contributed by atoms with Crippen LogP contribution in [0.15, 0.2) is 24.3 Å². The molecule has 2 saturated heterocycles. The Morgan fingerprint density at radius 3 is 2.91 bits per heavy atom. The summed E-state index contributed by atoms with van der Waals surface area (Å²) in [4.78, 5) is 2.43. The topological polar surface area (TPSA) is 30.9 Å². The van der Waals surface area contributed by atoms with Crippen LogP contribution in [0.3, 0.4) is 0 Å². The minimum atomic E-state index is 0.0157. The van der Waals surface area contributed by atoms with Gasteiger partial charge in [0.1, 0.15) is 0 Å². The lowest BCUT2D eigenvalue weighted by molar-refractivity contribution is -0.166. The molecule has 2 fully saturated rings. The molecule has 4 nitrogen and oxygen atoms in total. The van der Waals surface area contributed by atoms with Crippen LogP contribution in [0, 0.1) is 6.92 Å². The summed E-state index contributed by atoms with van der Waals surface area (Å²) in [6, 6.07) is 8.50. The van der Waals surface area contributed by atoms with Crippen LogP contribution < -0.4 is 0 Å². The highest BCUT2D eigenvalue weighted by Crippen LogP contribution is 2.24. The maximum absolute atomic E-state index is 5.96. The molecule has 0 amide bonds. The van der Waals surface area contributed by atoms with Crippen molar-refractivity contribution in [2.45, 2.75) is 38.6 Å². The van der Waals surface area contributed by atoms with Gasteiger partial charge in [-0.1, -0.05) is 24.3 Å². The molecule has 2 heterocycles. The van der Waals surface area contributed by atoms with Crippen LogP contribution in [-0.2, 0) is 14.2 Å². The number of benzene rings is 1. The van der Waals surface area contributed by atoms with Crippen molar-refractivity contribution in [3.05, 3.63) is 35.4 Å². The number of rotatable bonds is 5. The van der Waals surface area contributed by atoms with Crippen molar-refractivity contribution in [2.75, 3.05) is 39.5 Å². The minimum Gasteiger partial charge on any atom is -0.371 e. The molecule has 1 aromatic carbocycles. The molecule has 0 radical (unpaired) electrons. The van der Waals surface area contributed by atoms with Crippen molar-refractivity contribution in [1.82, 2.24) is 4.90 Å². The van der Waals surface area contributed by atoms with Gasteiger partial charge in [0.25, 0.3) is 0 Å². The fraction of sp³-hybridized carbons (Fsp3) is 0.667. The van der Waals surface area contributed by atoms with Gasteiger partial charge in [-0.05, 0) is 37.3 Å². The standard InChI is InChI=1S/C18H27NO3/c1-15-6-2-3-7-16(15)17-14-19(9-12-20-17)10-13-22-18-8-4-5-11-21-18/h2-3,6-7,17-18H,4-5,8-14H2,1H3/t17-,18+/m1/s1. The van der Waals surface area contributed by atoms with Gasteiger partial charge in [0.15, 0.2) is 6.29 Å². The Labute approximate surface area is 133 Å². The SMILES string of the molecule is Cc1ccccc1[C@H]1CN(CCO[C@H]2CCCCO2)CCO1. The first kappa shape index (κ1) is 15.9. The molecule has 0 spiro atoms. The lowest BCUT2D eigenvalue weighted by atomic mass is 10.0. The van der Waals surface area contributed by atoms with Crippen LogP contribution in [0.25, 0.3) is 0 Å². The summed E-state index contributed by atoms with van der Waals surface area (Å²) in [6.45, 7) is 7.41. The third-order valence-electron chi connectivity index (χ3n) is 4.54. The molecule has 0 bridgehead atoms. The molecular weight excluding hydrogens is 278 g/mol. The van der Waals surface area contributed by atoms with E-state index in [4.69, 9.17) is 14.2 Å². The van der Waals surface area contributed by atoms with Crippen molar-refractivity contribution in [2.24, 2.45) is 0 Å². The summed E-state index contributed by atoms with van der Waals surface area (Å²) in [5.41, 5.74) is 2.62. The Kier molecular flexibility index (Phi) is 5.84. The summed E-state index contributed by atoms with van der Waals surface area (Å²) in [7, 11) is 0. The van der Waals surface area contributed by atoms with Gasteiger partial charge in [0.05, 0.1) is 19.3 Å². The van der Waals surface area contributed by atoms with Gasteiger partial charge >= 0.3 is 0 Å². The lowest BCUT2D eigenvalue weighted by Crippen LogP contribution is -2.40. The summed E-state index contributed by atoms with van der Waals surface area (Å²) in [5, 5.41) is 0. The average molecular weight is 305 g/mol. The second-order valence-corrected chi connectivity index (χ2v) is 6.18. The quantitative estimate of drug-likeness (QED) is 0.837. The molecule has 2 aliphatic heterocycles. The van der Waals surface area contributed by atoms with Crippen LogP contribution in [0.5, 0.6) is 0 Å². The van der Waals surface area contributed by atoms with Gasteiger partial charge in [-0.2, -0.15) is 0 Å². The maximum atomic E-state index is 5.96. The maximum Gasteiger partial charge on any atom is 0.157 e. The predicted molar refractivity (Wildman–Crippen MR) is 85.9 cm³/mol. The molecule has 0 N–H and O–H groups in total. The number of hydrogen-bond donors (Lipinski definition) is 0. The molecule has 4 heteroatoms.